The van der Waals surface area contributed by atoms with E-state index in [1.54, 1.807) is 0 Å². The molecule has 0 radical (unpaired) electrons. The molecule has 0 spiro atoms. The summed E-state index contributed by atoms with van der Waals surface area (Å²) in [6.07, 6.45) is 10.4. The van der Waals surface area contributed by atoms with Crippen LogP contribution in [-0.2, 0) is 9.47 Å². The first-order chi connectivity index (χ1) is 11.2. The van der Waals surface area contributed by atoms with Gasteiger partial charge < -0.3 is 24.8 Å². The molecule has 0 aromatic carbocycles. The molecule has 0 amide bonds. The maximum atomic E-state index is 9.87. The third kappa shape index (κ3) is 8.82. The number of unbranched alkanes of at least 4 members (excludes halogenated alkanes) is 6. The minimum absolute atomic E-state index is 0.0660. The van der Waals surface area contributed by atoms with Gasteiger partial charge in [0.25, 0.3) is 0 Å². The zero-order valence-corrected chi connectivity index (χ0v) is 14.4. The fraction of sp³-hybridized carbons (Fsp3) is 0.889. The molecule has 0 aromatic rings. The quantitative estimate of drug-likeness (QED) is 0.356. The molecule has 0 unspecified atom stereocenters. The van der Waals surface area contributed by atoms with Crippen molar-refractivity contribution in [3.63, 3.8) is 0 Å². The third-order valence-electron chi connectivity index (χ3n) is 4.14. The first kappa shape index (κ1) is 20.6. The van der Waals surface area contributed by atoms with Crippen molar-refractivity contribution >= 4 is 0 Å². The van der Waals surface area contributed by atoms with Crippen molar-refractivity contribution in [3.8, 4) is 0 Å². The van der Waals surface area contributed by atoms with E-state index >= 15 is 0 Å². The monoisotopic (exact) mass is 330 g/mol. The van der Waals surface area contributed by atoms with Crippen LogP contribution in [0.5, 0.6) is 0 Å². The Balaban J connectivity index is 1.88. The molecule has 1 heterocycles. The summed E-state index contributed by atoms with van der Waals surface area (Å²) in [6, 6.07) is 0. The number of hydrogen-bond donors (Lipinski definition) is 3. The van der Waals surface area contributed by atoms with Crippen molar-refractivity contribution in [1.82, 2.24) is 0 Å². The van der Waals surface area contributed by atoms with Gasteiger partial charge in [0.2, 0.25) is 0 Å². The fourth-order valence-electron chi connectivity index (χ4n) is 2.66. The zero-order chi connectivity index (χ0) is 16.9. The average molecular weight is 330 g/mol. The summed E-state index contributed by atoms with van der Waals surface area (Å²) in [5.74, 6) is 0. The lowest BCUT2D eigenvalue weighted by atomic mass is 10.1. The molecule has 1 fully saturated rings. The predicted octanol–water partition coefficient (Wildman–Crippen LogP) is 2.18. The summed E-state index contributed by atoms with van der Waals surface area (Å²) in [5.41, 5.74) is 0. The van der Waals surface area contributed by atoms with Crippen LogP contribution >= 0.6 is 0 Å². The number of rotatable bonds is 13. The van der Waals surface area contributed by atoms with E-state index in [0.717, 1.165) is 12.8 Å². The van der Waals surface area contributed by atoms with Gasteiger partial charge in [-0.15, -0.1) is 0 Å². The van der Waals surface area contributed by atoms with Gasteiger partial charge in [-0.1, -0.05) is 44.8 Å². The number of aliphatic hydroxyl groups excluding tert-OH is 3. The molecule has 1 aliphatic heterocycles. The van der Waals surface area contributed by atoms with Gasteiger partial charge in [-0.05, 0) is 25.7 Å². The molecule has 23 heavy (non-hydrogen) atoms. The number of allylic oxidation sites excluding steroid dienone is 2. The van der Waals surface area contributed by atoms with Crippen molar-refractivity contribution in [2.45, 2.75) is 82.7 Å². The van der Waals surface area contributed by atoms with E-state index in [0.29, 0.717) is 6.61 Å². The van der Waals surface area contributed by atoms with Crippen LogP contribution in [0.4, 0.5) is 0 Å². The lowest BCUT2D eigenvalue weighted by Crippen LogP contribution is -2.40. The molecule has 1 rings (SSSR count). The summed E-state index contributed by atoms with van der Waals surface area (Å²) in [7, 11) is 0. The van der Waals surface area contributed by atoms with Gasteiger partial charge in [-0.3, -0.25) is 0 Å². The van der Waals surface area contributed by atoms with Crippen molar-refractivity contribution in [3.05, 3.63) is 12.2 Å². The normalized spacial score (nSPS) is 26.2. The smallest absolute Gasteiger partial charge is 0.114 e. The van der Waals surface area contributed by atoms with Crippen molar-refractivity contribution in [2.75, 3.05) is 19.8 Å². The third-order valence-corrected chi connectivity index (χ3v) is 4.14. The Morgan fingerprint density at radius 1 is 1.09 bits per heavy atom. The summed E-state index contributed by atoms with van der Waals surface area (Å²) < 4.78 is 10.6. The van der Waals surface area contributed by atoms with Crippen LogP contribution in [-0.4, -0.2) is 59.6 Å². The Morgan fingerprint density at radius 3 is 2.48 bits per heavy atom. The molecule has 5 heteroatoms. The van der Waals surface area contributed by atoms with Gasteiger partial charge in [0.05, 0.1) is 13.2 Å². The second-order valence-corrected chi connectivity index (χ2v) is 6.31. The van der Waals surface area contributed by atoms with E-state index in [4.69, 9.17) is 9.47 Å². The van der Waals surface area contributed by atoms with Gasteiger partial charge in [0, 0.05) is 6.61 Å². The van der Waals surface area contributed by atoms with Crippen LogP contribution in [0.1, 0.15) is 58.3 Å². The van der Waals surface area contributed by atoms with Crippen LogP contribution in [0.2, 0.25) is 0 Å². The maximum absolute atomic E-state index is 9.87. The SMILES string of the molecule is CCC/C=C/CCCCCCCOC[C@@H](O)[C@H]1OC[C@H](O)[C@H]1O. The second-order valence-electron chi connectivity index (χ2n) is 6.31. The van der Waals surface area contributed by atoms with Crippen molar-refractivity contribution < 1.29 is 24.8 Å². The first-order valence-corrected chi connectivity index (χ1v) is 9.05. The minimum Gasteiger partial charge on any atom is -0.388 e. The maximum Gasteiger partial charge on any atom is 0.114 e. The van der Waals surface area contributed by atoms with Crippen molar-refractivity contribution in [1.29, 1.82) is 0 Å². The Kier molecular flexibility index (Phi) is 11.5. The standard InChI is InChI=1S/C18H34O5/c1-2-3-4-5-6-7-8-9-10-11-12-22-13-16(20)18-17(21)15(19)14-23-18/h4-5,15-21H,2-3,6-14H2,1H3/b5-4+/t15-,16+,17+,18+/m0/s1. The number of hydrogen-bond acceptors (Lipinski definition) is 5. The molecule has 136 valence electrons. The van der Waals surface area contributed by atoms with Gasteiger partial charge >= 0.3 is 0 Å². The molecule has 1 aliphatic rings. The Morgan fingerprint density at radius 2 is 1.78 bits per heavy atom. The van der Waals surface area contributed by atoms with Crippen LogP contribution in [0.25, 0.3) is 0 Å². The summed E-state index contributed by atoms with van der Waals surface area (Å²) in [6.45, 7) is 3.00. The lowest BCUT2D eigenvalue weighted by Gasteiger charge is -2.20. The molecule has 1 saturated heterocycles. The van der Waals surface area contributed by atoms with E-state index in [9.17, 15) is 15.3 Å². The Bertz CT molecular complexity index is 308. The molecule has 4 atom stereocenters. The van der Waals surface area contributed by atoms with E-state index in [2.05, 4.69) is 19.1 Å². The fourth-order valence-corrected chi connectivity index (χ4v) is 2.66. The highest BCUT2D eigenvalue weighted by atomic mass is 16.5. The lowest BCUT2D eigenvalue weighted by molar-refractivity contribution is -0.0813. The van der Waals surface area contributed by atoms with Gasteiger partial charge in [-0.2, -0.15) is 0 Å². The topological polar surface area (TPSA) is 79.2 Å². The highest BCUT2D eigenvalue weighted by Crippen LogP contribution is 2.17. The average Bonchev–Trinajstić information content (AvgIpc) is 2.88. The van der Waals surface area contributed by atoms with Crippen LogP contribution < -0.4 is 0 Å². The summed E-state index contributed by atoms with van der Waals surface area (Å²) >= 11 is 0. The van der Waals surface area contributed by atoms with E-state index in [1.807, 2.05) is 0 Å². The van der Waals surface area contributed by atoms with E-state index in [1.165, 1.54) is 38.5 Å². The minimum atomic E-state index is -1.03. The molecular formula is C18H34O5. The molecule has 0 aliphatic carbocycles. The molecule has 0 aromatic heterocycles. The van der Waals surface area contributed by atoms with Gasteiger partial charge in [0.15, 0.2) is 0 Å². The predicted molar refractivity (Wildman–Crippen MR) is 90.3 cm³/mol. The van der Waals surface area contributed by atoms with Crippen molar-refractivity contribution in [2.24, 2.45) is 0 Å². The number of aliphatic hydroxyl groups is 3. The first-order valence-electron chi connectivity index (χ1n) is 9.05. The van der Waals surface area contributed by atoms with Gasteiger partial charge in [0.1, 0.15) is 24.4 Å². The molecular weight excluding hydrogens is 296 g/mol. The van der Waals surface area contributed by atoms with Crippen LogP contribution in [0, 0.1) is 0 Å². The largest absolute Gasteiger partial charge is 0.388 e. The Labute approximate surface area is 140 Å². The highest BCUT2D eigenvalue weighted by Gasteiger charge is 2.39. The van der Waals surface area contributed by atoms with Gasteiger partial charge in [-0.25, -0.2) is 0 Å². The zero-order valence-electron chi connectivity index (χ0n) is 14.4. The molecule has 0 saturated carbocycles. The van der Waals surface area contributed by atoms with E-state index < -0.39 is 24.4 Å². The van der Waals surface area contributed by atoms with Crippen LogP contribution in [0.3, 0.4) is 0 Å². The second kappa shape index (κ2) is 12.9. The Hall–Kier alpha value is -0.460. The molecule has 5 nitrogen and oxygen atoms in total. The van der Waals surface area contributed by atoms with E-state index in [-0.39, 0.29) is 13.2 Å². The molecule has 3 N–H and O–H groups in total. The molecule has 0 bridgehead atoms. The summed E-state index contributed by atoms with van der Waals surface area (Å²) in [5, 5.41) is 28.9. The number of ether oxygens (including phenoxy) is 2. The highest BCUT2D eigenvalue weighted by molar-refractivity contribution is 4.87. The van der Waals surface area contributed by atoms with Crippen LogP contribution in [0.15, 0.2) is 12.2 Å². The summed E-state index contributed by atoms with van der Waals surface area (Å²) in [4.78, 5) is 0.